The Morgan fingerprint density at radius 1 is 1.13 bits per heavy atom. The van der Waals surface area contributed by atoms with E-state index in [2.05, 4.69) is 14.9 Å². The lowest BCUT2D eigenvalue weighted by Gasteiger charge is -2.30. The number of anilines is 1. The van der Waals surface area contributed by atoms with Crippen LogP contribution in [0.3, 0.4) is 0 Å². The minimum atomic E-state index is -0.591. The molecular formula is C21H27N6O3+. The third kappa shape index (κ3) is 3.01. The van der Waals surface area contributed by atoms with Crippen molar-refractivity contribution in [2.24, 2.45) is 4.99 Å². The molecule has 1 aromatic heterocycles. The van der Waals surface area contributed by atoms with E-state index < -0.39 is 6.04 Å². The molecule has 2 aliphatic heterocycles. The van der Waals surface area contributed by atoms with Gasteiger partial charge in [0.1, 0.15) is 17.1 Å². The van der Waals surface area contributed by atoms with Crippen LogP contribution in [0, 0.1) is 13.8 Å². The second kappa shape index (κ2) is 7.47. The topological polar surface area (TPSA) is 83.0 Å². The van der Waals surface area contributed by atoms with Crippen molar-refractivity contribution in [3.63, 3.8) is 0 Å². The zero-order valence-electron chi connectivity index (χ0n) is 18.0. The molecule has 1 fully saturated rings. The first-order valence-corrected chi connectivity index (χ1v) is 10.1. The van der Waals surface area contributed by atoms with Gasteiger partial charge in [0, 0.05) is 26.3 Å². The highest BCUT2D eigenvalue weighted by atomic mass is 16.5. The summed E-state index contributed by atoms with van der Waals surface area (Å²) in [7, 11) is 3.17. The number of rotatable bonds is 6. The predicted molar refractivity (Wildman–Crippen MR) is 112 cm³/mol. The number of likely N-dealkylation sites (N-methyl/N-ethyl adjacent to an activating group) is 2. The molecule has 1 N–H and O–H groups in total. The van der Waals surface area contributed by atoms with Gasteiger partial charge in [0.2, 0.25) is 11.9 Å². The van der Waals surface area contributed by atoms with E-state index in [1.807, 2.05) is 49.6 Å². The average molecular weight is 411 g/mol. The number of imide groups is 1. The highest BCUT2D eigenvalue weighted by Crippen LogP contribution is 2.34. The van der Waals surface area contributed by atoms with Gasteiger partial charge in [0.05, 0.1) is 13.2 Å². The van der Waals surface area contributed by atoms with Crippen LogP contribution < -0.4 is 14.6 Å². The summed E-state index contributed by atoms with van der Waals surface area (Å²) in [4.78, 5) is 32.4. The molecule has 1 saturated heterocycles. The van der Waals surface area contributed by atoms with Gasteiger partial charge in [-0.1, -0.05) is 4.99 Å². The summed E-state index contributed by atoms with van der Waals surface area (Å²) >= 11 is 0. The minimum absolute atomic E-state index is 0.256. The summed E-state index contributed by atoms with van der Waals surface area (Å²) in [5.74, 6) is 1.77. The Labute approximate surface area is 175 Å². The Kier molecular flexibility index (Phi) is 4.97. The fourth-order valence-electron chi connectivity index (χ4n) is 4.00. The van der Waals surface area contributed by atoms with E-state index >= 15 is 0 Å². The zero-order chi connectivity index (χ0) is 21.6. The molecule has 3 amide bonds. The lowest BCUT2D eigenvalue weighted by molar-refractivity contribution is -0.686. The molecule has 3 heterocycles. The summed E-state index contributed by atoms with van der Waals surface area (Å²) in [6, 6.07) is 6.90. The van der Waals surface area contributed by atoms with E-state index in [1.54, 1.807) is 7.05 Å². The molecule has 158 valence electrons. The molecule has 1 aromatic carbocycles. The molecule has 2 aromatic rings. The molecule has 4 rings (SSSR count). The number of ether oxygens (including phenoxy) is 1. The summed E-state index contributed by atoms with van der Waals surface area (Å²) in [5.41, 5.74) is 3.03. The molecule has 0 aliphatic carbocycles. The molecule has 1 unspecified atom stereocenters. The molecule has 9 heteroatoms. The number of aromatic nitrogens is 2. The highest BCUT2D eigenvalue weighted by Gasteiger charge is 2.53. The standard InChI is InChI=1S/C21H27N6O3/c1-6-30-16-9-7-15(8-10-16)22-11-12-26-13(2)14(3)27-17-18(23-20(26)27)24(4)21(29)25(5)19(17)28/h7-10,17,22H,6,11-12H2,1-5H3/q+1. The second-order valence-electron chi connectivity index (χ2n) is 7.49. The lowest BCUT2D eigenvalue weighted by atomic mass is 10.1. The Hall–Kier alpha value is -3.36. The fourth-order valence-corrected chi connectivity index (χ4v) is 4.00. The van der Waals surface area contributed by atoms with E-state index in [-0.39, 0.29) is 11.9 Å². The first kappa shape index (κ1) is 19.9. The Bertz CT molecular complexity index is 1040. The summed E-state index contributed by atoms with van der Waals surface area (Å²) in [6.07, 6.45) is 0. The van der Waals surface area contributed by atoms with E-state index in [0.717, 1.165) is 27.7 Å². The van der Waals surface area contributed by atoms with Gasteiger partial charge in [-0.2, -0.15) is 0 Å². The monoisotopic (exact) mass is 411 g/mol. The molecule has 0 spiro atoms. The normalized spacial score (nSPS) is 17.8. The zero-order valence-corrected chi connectivity index (χ0v) is 18.0. The third-order valence-electron chi connectivity index (χ3n) is 5.78. The number of carbonyl (C=O) groups excluding carboxylic acids is 2. The molecule has 0 bridgehead atoms. The van der Waals surface area contributed by atoms with Crippen molar-refractivity contribution < 1.29 is 18.9 Å². The summed E-state index contributed by atoms with van der Waals surface area (Å²) < 4.78 is 9.50. The van der Waals surface area contributed by atoms with Crippen LogP contribution >= 0.6 is 0 Å². The van der Waals surface area contributed by atoms with Gasteiger partial charge in [0.25, 0.3) is 5.91 Å². The van der Waals surface area contributed by atoms with Crippen molar-refractivity contribution in [1.29, 1.82) is 0 Å². The van der Waals surface area contributed by atoms with Crippen LogP contribution in [0.4, 0.5) is 16.4 Å². The van der Waals surface area contributed by atoms with Gasteiger partial charge in [-0.25, -0.2) is 13.9 Å². The smallest absolute Gasteiger partial charge is 0.402 e. The van der Waals surface area contributed by atoms with Gasteiger partial charge < -0.3 is 10.1 Å². The van der Waals surface area contributed by atoms with E-state index in [9.17, 15) is 9.59 Å². The first-order chi connectivity index (χ1) is 14.3. The van der Waals surface area contributed by atoms with E-state index in [4.69, 9.17) is 4.74 Å². The SMILES string of the molecule is CCOc1ccc(NCC[n+]2c(C)c(C)n3c2N=C2C3C(=O)N(C)C(=O)N2C)cc1. The largest absolute Gasteiger partial charge is 0.494 e. The molecule has 0 saturated carbocycles. The maximum Gasteiger partial charge on any atom is 0.402 e. The molecule has 30 heavy (non-hydrogen) atoms. The van der Waals surface area contributed by atoms with Crippen LogP contribution in [0.5, 0.6) is 5.75 Å². The lowest BCUT2D eigenvalue weighted by Crippen LogP contribution is -2.56. The number of hydrogen-bond donors (Lipinski definition) is 1. The molecule has 2 aliphatic rings. The van der Waals surface area contributed by atoms with Gasteiger partial charge in [-0.3, -0.25) is 14.6 Å². The van der Waals surface area contributed by atoms with Crippen molar-refractivity contribution in [1.82, 2.24) is 14.4 Å². The van der Waals surface area contributed by atoms with Gasteiger partial charge in [-0.05, 0) is 45.0 Å². The number of urea groups is 1. The van der Waals surface area contributed by atoms with Crippen LogP contribution in [0.25, 0.3) is 0 Å². The average Bonchev–Trinajstić information content (AvgIpc) is 3.23. The Morgan fingerprint density at radius 2 is 1.83 bits per heavy atom. The highest BCUT2D eigenvalue weighted by molar-refractivity contribution is 6.20. The summed E-state index contributed by atoms with van der Waals surface area (Å²) in [6.45, 7) is 7.98. The van der Waals surface area contributed by atoms with Crippen molar-refractivity contribution in [2.75, 3.05) is 32.6 Å². The van der Waals surface area contributed by atoms with Crippen LogP contribution in [-0.4, -0.2) is 59.4 Å². The number of benzene rings is 1. The Morgan fingerprint density at radius 3 is 2.50 bits per heavy atom. The Balaban J connectivity index is 1.55. The van der Waals surface area contributed by atoms with Crippen LogP contribution in [0.15, 0.2) is 29.3 Å². The molecule has 1 atom stereocenters. The maximum atomic E-state index is 12.8. The number of amidine groups is 1. The van der Waals surface area contributed by atoms with Crippen LogP contribution in [0.1, 0.15) is 24.4 Å². The van der Waals surface area contributed by atoms with Crippen molar-refractivity contribution >= 4 is 29.4 Å². The number of fused-ring (bicyclic) bond motifs is 3. The first-order valence-electron chi connectivity index (χ1n) is 10.1. The minimum Gasteiger partial charge on any atom is -0.494 e. The second-order valence-corrected chi connectivity index (χ2v) is 7.49. The maximum absolute atomic E-state index is 12.8. The van der Waals surface area contributed by atoms with Gasteiger partial charge in [-0.15, -0.1) is 0 Å². The third-order valence-corrected chi connectivity index (χ3v) is 5.78. The van der Waals surface area contributed by atoms with E-state index in [1.165, 1.54) is 11.9 Å². The number of hydrogen-bond acceptors (Lipinski definition) is 5. The molecule has 9 nitrogen and oxygen atoms in total. The van der Waals surface area contributed by atoms with Crippen molar-refractivity contribution in [3.05, 3.63) is 35.7 Å². The van der Waals surface area contributed by atoms with Gasteiger partial charge >= 0.3 is 12.0 Å². The number of aliphatic imine (C=N–C) groups is 1. The van der Waals surface area contributed by atoms with Crippen molar-refractivity contribution in [2.45, 2.75) is 33.4 Å². The van der Waals surface area contributed by atoms with Crippen molar-refractivity contribution in [3.8, 4) is 5.75 Å². The number of nitrogens with zero attached hydrogens (tertiary/aromatic N) is 5. The molecule has 0 radical (unpaired) electrons. The summed E-state index contributed by atoms with van der Waals surface area (Å²) in [5, 5.41) is 3.41. The molecular weight excluding hydrogens is 384 g/mol. The van der Waals surface area contributed by atoms with Gasteiger partial charge in [0.15, 0.2) is 0 Å². The number of nitrogens with one attached hydrogen (secondary N) is 1. The number of carbonyl (C=O) groups is 2. The van der Waals surface area contributed by atoms with Crippen LogP contribution in [0.2, 0.25) is 0 Å². The van der Waals surface area contributed by atoms with Crippen LogP contribution in [-0.2, 0) is 11.3 Å². The quantitative estimate of drug-likeness (QED) is 0.737. The number of imidazole rings is 1. The predicted octanol–water partition coefficient (Wildman–Crippen LogP) is 2.01. The van der Waals surface area contributed by atoms with E-state index in [0.29, 0.717) is 31.5 Å². The fraction of sp³-hybridized carbons (Fsp3) is 0.429. The number of amides is 3.